The molecule has 1 amide bonds. The monoisotopic (exact) mass is 429 g/mol. The number of halogens is 2. The Kier molecular flexibility index (Phi) is 5.77. The lowest BCUT2D eigenvalue weighted by Gasteiger charge is -2.12. The van der Waals surface area contributed by atoms with Crippen LogP contribution in [0.5, 0.6) is 0 Å². The number of hydrogen-bond donors (Lipinski definition) is 2. The summed E-state index contributed by atoms with van der Waals surface area (Å²) in [5.41, 5.74) is 1.89. The van der Waals surface area contributed by atoms with Crippen molar-refractivity contribution in [2.75, 3.05) is 5.32 Å². The van der Waals surface area contributed by atoms with Gasteiger partial charge < -0.3 is 10.4 Å². The van der Waals surface area contributed by atoms with Crippen molar-refractivity contribution >= 4 is 34.4 Å². The number of carbonyl (C=O) groups excluding carboxylic acids is 1. The molecular formula is C26H17F2NO3. The van der Waals surface area contributed by atoms with E-state index in [-0.39, 0.29) is 5.69 Å². The van der Waals surface area contributed by atoms with Crippen LogP contribution in [0.25, 0.3) is 28.0 Å². The molecule has 0 aliphatic carbocycles. The molecule has 0 saturated carbocycles. The largest absolute Gasteiger partial charge is 0.478 e. The Labute approximate surface area is 182 Å². The normalized spacial score (nSPS) is 11.1. The fourth-order valence-electron chi connectivity index (χ4n) is 3.43. The molecule has 4 nitrogen and oxygen atoms in total. The maximum Gasteiger partial charge on any atom is 0.328 e. The van der Waals surface area contributed by atoms with Crippen molar-refractivity contribution < 1.29 is 23.5 Å². The van der Waals surface area contributed by atoms with Gasteiger partial charge in [-0.25, -0.2) is 13.6 Å². The van der Waals surface area contributed by atoms with Crippen LogP contribution < -0.4 is 5.32 Å². The molecule has 6 heteroatoms. The third-order valence-electron chi connectivity index (χ3n) is 4.92. The number of benzene rings is 4. The van der Waals surface area contributed by atoms with E-state index in [1.54, 1.807) is 30.3 Å². The minimum Gasteiger partial charge on any atom is -0.478 e. The predicted octanol–water partition coefficient (Wildman–Crippen LogP) is 6.14. The average molecular weight is 429 g/mol. The molecule has 0 aromatic heterocycles. The Morgan fingerprint density at radius 1 is 0.844 bits per heavy atom. The molecule has 32 heavy (non-hydrogen) atoms. The van der Waals surface area contributed by atoms with Gasteiger partial charge in [0.05, 0.1) is 5.69 Å². The van der Waals surface area contributed by atoms with E-state index in [1.807, 2.05) is 18.2 Å². The van der Waals surface area contributed by atoms with Crippen LogP contribution in [0.2, 0.25) is 0 Å². The zero-order valence-electron chi connectivity index (χ0n) is 16.7. The molecule has 0 aliphatic rings. The molecule has 2 N–H and O–H groups in total. The molecule has 0 aliphatic heterocycles. The summed E-state index contributed by atoms with van der Waals surface area (Å²) in [6.07, 6.45) is 2.23. The number of amides is 1. The number of anilines is 1. The number of aliphatic carboxylic acids is 1. The summed E-state index contributed by atoms with van der Waals surface area (Å²) in [6.45, 7) is 0. The number of fused-ring (bicyclic) bond motifs is 1. The highest BCUT2D eigenvalue weighted by molar-refractivity contribution is 6.14. The predicted molar refractivity (Wildman–Crippen MR) is 120 cm³/mol. The molecule has 0 bridgehead atoms. The van der Waals surface area contributed by atoms with E-state index >= 15 is 0 Å². The first-order chi connectivity index (χ1) is 15.4. The lowest BCUT2D eigenvalue weighted by Crippen LogP contribution is -2.14. The maximum atomic E-state index is 14.4. The number of carboxylic acid groups (broad SMARTS) is 1. The average Bonchev–Trinajstić information content (AvgIpc) is 2.78. The van der Waals surface area contributed by atoms with Gasteiger partial charge >= 0.3 is 5.97 Å². The molecule has 0 fully saturated rings. The van der Waals surface area contributed by atoms with Gasteiger partial charge in [0.2, 0.25) is 0 Å². The molecule has 0 saturated heterocycles. The second-order valence-corrected chi connectivity index (χ2v) is 7.12. The van der Waals surface area contributed by atoms with Crippen LogP contribution >= 0.6 is 0 Å². The zero-order chi connectivity index (χ0) is 22.7. The summed E-state index contributed by atoms with van der Waals surface area (Å²) in [5.74, 6) is -2.73. The van der Waals surface area contributed by atoms with E-state index in [4.69, 9.17) is 5.11 Å². The van der Waals surface area contributed by atoms with Crippen molar-refractivity contribution in [3.63, 3.8) is 0 Å². The van der Waals surface area contributed by atoms with Crippen molar-refractivity contribution in [3.05, 3.63) is 108 Å². The minimum atomic E-state index is -1.14. The topological polar surface area (TPSA) is 66.4 Å². The van der Waals surface area contributed by atoms with Crippen molar-refractivity contribution in [2.24, 2.45) is 0 Å². The molecule has 0 spiro atoms. The van der Waals surface area contributed by atoms with Crippen LogP contribution in [-0.4, -0.2) is 17.0 Å². The van der Waals surface area contributed by atoms with E-state index in [0.717, 1.165) is 17.5 Å². The standard InChI is InChI=1S/C26H17F2NO3/c27-20-6-3-5-17(14-20)19-13-18-4-1-2-7-21(18)22(15-19)26(32)29-24-12-16(8-10-23(24)28)9-11-25(30)31/h1-15H,(H,29,32)(H,30,31). The van der Waals surface area contributed by atoms with Gasteiger partial charge in [0.1, 0.15) is 11.6 Å². The molecular weight excluding hydrogens is 412 g/mol. The van der Waals surface area contributed by atoms with Crippen LogP contribution in [0.4, 0.5) is 14.5 Å². The summed E-state index contributed by atoms with van der Waals surface area (Å²) < 4.78 is 28.1. The Morgan fingerprint density at radius 3 is 2.44 bits per heavy atom. The number of rotatable bonds is 5. The van der Waals surface area contributed by atoms with Gasteiger partial charge in [-0.1, -0.05) is 42.5 Å². The van der Waals surface area contributed by atoms with Crippen molar-refractivity contribution in [1.29, 1.82) is 0 Å². The first-order valence-electron chi connectivity index (χ1n) is 9.71. The molecule has 4 rings (SSSR count). The van der Waals surface area contributed by atoms with Gasteiger partial charge in [-0.15, -0.1) is 0 Å². The van der Waals surface area contributed by atoms with Crippen LogP contribution in [0.15, 0.2) is 84.9 Å². The van der Waals surface area contributed by atoms with Gasteiger partial charge in [0, 0.05) is 11.6 Å². The summed E-state index contributed by atoms with van der Waals surface area (Å²) in [7, 11) is 0. The molecule has 158 valence electrons. The highest BCUT2D eigenvalue weighted by Crippen LogP contribution is 2.29. The first kappa shape index (κ1) is 20.9. The van der Waals surface area contributed by atoms with Crippen LogP contribution in [0.3, 0.4) is 0 Å². The van der Waals surface area contributed by atoms with Gasteiger partial charge in [-0.2, -0.15) is 0 Å². The number of carbonyl (C=O) groups is 2. The molecule has 4 aromatic carbocycles. The van der Waals surface area contributed by atoms with Crippen molar-refractivity contribution in [1.82, 2.24) is 0 Å². The third kappa shape index (κ3) is 4.54. The molecule has 0 radical (unpaired) electrons. The SMILES string of the molecule is O=C(O)C=Cc1ccc(F)c(NC(=O)c2cc(-c3cccc(F)c3)cc3ccccc23)c1. The van der Waals surface area contributed by atoms with Crippen molar-refractivity contribution in [2.45, 2.75) is 0 Å². The fourth-order valence-corrected chi connectivity index (χ4v) is 3.43. The van der Waals surface area contributed by atoms with Crippen molar-refractivity contribution in [3.8, 4) is 11.1 Å². The Morgan fingerprint density at radius 2 is 1.66 bits per heavy atom. The molecule has 0 heterocycles. The second kappa shape index (κ2) is 8.81. The number of carboxylic acids is 1. The third-order valence-corrected chi connectivity index (χ3v) is 4.92. The lowest BCUT2D eigenvalue weighted by atomic mass is 9.96. The van der Waals surface area contributed by atoms with E-state index in [0.29, 0.717) is 27.6 Å². The molecule has 0 atom stereocenters. The summed E-state index contributed by atoms with van der Waals surface area (Å²) in [6, 6.07) is 20.7. The maximum absolute atomic E-state index is 14.4. The Bertz CT molecular complexity index is 1380. The van der Waals surface area contributed by atoms with Gasteiger partial charge in [-0.3, -0.25) is 4.79 Å². The smallest absolute Gasteiger partial charge is 0.328 e. The highest BCUT2D eigenvalue weighted by Gasteiger charge is 2.15. The van der Waals surface area contributed by atoms with Crippen LogP contribution in [0, 0.1) is 11.6 Å². The zero-order valence-corrected chi connectivity index (χ0v) is 16.7. The summed E-state index contributed by atoms with van der Waals surface area (Å²) in [4.78, 5) is 23.9. The highest BCUT2D eigenvalue weighted by atomic mass is 19.1. The quantitative estimate of drug-likeness (QED) is 0.375. The summed E-state index contributed by atoms with van der Waals surface area (Å²) in [5, 5.41) is 12.8. The van der Waals surface area contributed by atoms with E-state index in [2.05, 4.69) is 5.32 Å². The summed E-state index contributed by atoms with van der Waals surface area (Å²) >= 11 is 0. The van der Waals surface area contributed by atoms with E-state index in [1.165, 1.54) is 30.3 Å². The first-order valence-corrected chi connectivity index (χ1v) is 9.71. The second-order valence-electron chi connectivity index (χ2n) is 7.12. The lowest BCUT2D eigenvalue weighted by molar-refractivity contribution is -0.131. The van der Waals surface area contributed by atoms with Gasteiger partial charge in [0.25, 0.3) is 5.91 Å². The Hall–Kier alpha value is -4.32. The molecule has 0 unspecified atom stereocenters. The van der Waals surface area contributed by atoms with E-state index in [9.17, 15) is 18.4 Å². The van der Waals surface area contributed by atoms with Crippen LogP contribution in [0.1, 0.15) is 15.9 Å². The fraction of sp³-hybridized carbons (Fsp3) is 0. The minimum absolute atomic E-state index is 0.0808. The van der Waals surface area contributed by atoms with Crippen LogP contribution in [-0.2, 0) is 4.79 Å². The van der Waals surface area contributed by atoms with E-state index < -0.39 is 23.5 Å². The number of hydrogen-bond acceptors (Lipinski definition) is 2. The Balaban J connectivity index is 1.76. The van der Waals surface area contributed by atoms with Gasteiger partial charge in [-0.05, 0) is 69.9 Å². The van der Waals surface area contributed by atoms with Gasteiger partial charge in [0.15, 0.2) is 0 Å². The molecule has 4 aromatic rings. The number of nitrogens with one attached hydrogen (secondary N) is 1.